The molecule has 0 saturated heterocycles. The average molecular weight is 391 g/mol. The number of hydrogen-bond donors (Lipinski definition) is 1. The van der Waals surface area contributed by atoms with Gasteiger partial charge in [-0.15, -0.1) is 0 Å². The van der Waals surface area contributed by atoms with Crippen LogP contribution in [0, 0.1) is 0 Å². The van der Waals surface area contributed by atoms with E-state index in [0.717, 1.165) is 24.2 Å². The molecule has 2 aromatic rings. The third-order valence-electron chi connectivity index (χ3n) is 4.24. The number of methoxy groups -OCH3 is 1. The highest BCUT2D eigenvalue weighted by molar-refractivity contribution is 7.89. The summed E-state index contributed by atoms with van der Waals surface area (Å²) in [5.74, 6) is 0.425. The number of carbonyl (C=O) groups excluding carboxylic acids is 1. The number of rotatable bonds is 9. The molecule has 0 aliphatic heterocycles. The average Bonchev–Trinajstić information content (AvgIpc) is 2.70. The summed E-state index contributed by atoms with van der Waals surface area (Å²) >= 11 is 0. The quantitative estimate of drug-likeness (QED) is 0.714. The molecule has 1 amide bonds. The molecular weight excluding hydrogens is 364 g/mol. The third kappa shape index (κ3) is 5.55. The van der Waals surface area contributed by atoms with Crippen molar-refractivity contribution in [1.29, 1.82) is 0 Å². The van der Waals surface area contributed by atoms with Gasteiger partial charge in [0, 0.05) is 25.7 Å². The largest absolute Gasteiger partial charge is 0.497 e. The van der Waals surface area contributed by atoms with E-state index in [4.69, 9.17) is 4.74 Å². The normalized spacial score (nSPS) is 11.4. The number of ether oxygens (including phenoxy) is 1. The van der Waals surface area contributed by atoms with E-state index in [9.17, 15) is 13.2 Å². The van der Waals surface area contributed by atoms with Crippen molar-refractivity contribution in [3.05, 3.63) is 59.7 Å². The molecule has 2 aromatic carbocycles. The molecule has 0 aliphatic rings. The predicted molar refractivity (Wildman–Crippen MR) is 105 cm³/mol. The molecular formula is C20H26N2O4S. The minimum absolute atomic E-state index is 0.123. The summed E-state index contributed by atoms with van der Waals surface area (Å²) in [6, 6.07) is 13.5. The lowest BCUT2D eigenvalue weighted by atomic mass is 10.2. The van der Waals surface area contributed by atoms with Gasteiger partial charge in [0.2, 0.25) is 10.0 Å². The fourth-order valence-corrected chi connectivity index (χ4v) is 3.76. The highest BCUT2D eigenvalue weighted by Crippen LogP contribution is 2.17. The van der Waals surface area contributed by atoms with Crippen LogP contribution < -0.4 is 10.1 Å². The van der Waals surface area contributed by atoms with Crippen LogP contribution in [0.4, 0.5) is 0 Å². The maximum Gasteiger partial charge on any atom is 0.251 e. The van der Waals surface area contributed by atoms with Crippen molar-refractivity contribution in [2.24, 2.45) is 0 Å². The summed E-state index contributed by atoms with van der Waals surface area (Å²) < 4.78 is 31.7. The lowest BCUT2D eigenvalue weighted by molar-refractivity contribution is 0.0950. The van der Waals surface area contributed by atoms with Crippen LogP contribution in [0.25, 0.3) is 0 Å². The van der Waals surface area contributed by atoms with Crippen LogP contribution in [0.5, 0.6) is 5.75 Å². The molecule has 7 heteroatoms. The molecule has 6 nitrogen and oxygen atoms in total. The SMILES string of the molecule is CCCCN(C)S(=O)(=O)c1cccc(C(=O)NCc2ccc(OC)cc2)c1. The fraction of sp³-hybridized carbons (Fsp3) is 0.350. The first-order chi connectivity index (χ1) is 12.9. The molecule has 2 rings (SSSR count). The molecule has 27 heavy (non-hydrogen) atoms. The molecule has 0 bridgehead atoms. The second-order valence-electron chi connectivity index (χ2n) is 6.24. The Morgan fingerprint density at radius 3 is 2.48 bits per heavy atom. The van der Waals surface area contributed by atoms with E-state index in [1.165, 1.54) is 16.4 Å². The second-order valence-corrected chi connectivity index (χ2v) is 8.28. The van der Waals surface area contributed by atoms with Crippen LogP contribution in [0.3, 0.4) is 0 Å². The van der Waals surface area contributed by atoms with Crippen molar-refractivity contribution in [2.45, 2.75) is 31.2 Å². The standard InChI is InChI=1S/C20H26N2O4S/c1-4-5-13-22(2)27(24,25)19-8-6-7-17(14-19)20(23)21-15-16-9-11-18(26-3)12-10-16/h6-12,14H,4-5,13,15H2,1-3H3,(H,21,23). The summed E-state index contributed by atoms with van der Waals surface area (Å²) in [6.45, 7) is 2.80. The Morgan fingerprint density at radius 2 is 1.85 bits per heavy atom. The number of nitrogens with zero attached hydrogens (tertiary/aromatic N) is 1. The van der Waals surface area contributed by atoms with Gasteiger partial charge in [-0.1, -0.05) is 31.5 Å². The molecule has 146 valence electrons. The molecule has 0 spiro atoms. The predicted octanol–water partition coefficient (Wildman–Crippen LogP) is 3.05. The van der Waals surface area contributed by atoms with Gasteiger partial charge in [0.05, 0.1) is 12.0 Å². The van der Waals surface area contributed by atoms with Gasteiger partial charge < -0.3 is 10.1 Å². The van der Waals surface area contributed by atoms with Crippen LogP contribution in [-0.4, -0.2) is 39.3 Å². The first kappa shape index (κ1) is 20.9. The van der Waals surface area contributed by atoms with Crippen LogP contribution in [0.15, 0.2) is 53.4 Å². The van der Waals surface area contributed by atoms with Crippen LogP contribution >= 0.6 is 0 Å². The zero-order chi connectivity index (χ0) is 19.9. The van der Waals surface area contributed by atoms with Gasteiger partial charge in [-0.2, -0.15) is 0 Å². The molecule has 0 aliphatic carbocycles. The van der Waals surface area contributed by atoms with Crippen LogP contribution in [-0.2, 0) is 16.6 Å². The summed E-state index contributed by atoms with van der Waals surface area (Å²) in [6.07, 6.45) is 1.70. The Balaban J connectivity index is 2.07. The third-order valence-corrected chi connectivity index (χ3v) is 6.10. The number of benzene rings is 2. The van der Waals surface area contributed by atoms with Gasteiger partial charge in [0.1, 0.15) is 5.75 Å². The highest BCUT2D eigenvalue weighted by atomic mass is 32.2. The molecule has 0 fully saturated rings. The molecule has 1 N–H and O–H groups in total. The van der Waals surface area contributed by atoms with Crippen molar-refractivity contribution in [1.82, 2.24) is 9.62 Å². The number of carbonyl (C=O) groups is 1. The zero-order valence-corrected chi connectivity index (χ0v) is 16.8. The van der Waals surface area contributed by atoms with E-state index >= 15 is 0 Å². The number of amides is 1. The molecule has 0 unspecified atom stereocenters. The van der Waals surface area contributed by atoms with E-state index in [0.29, 0.717) is 18.7 Å². The van der Waals surface area contributed by atoms with Crippen LogP contribution in [0.2, 0.25) is 0 Å². The van der Waals surface area contributed by atoms with E-state index < -0.39 is 10.0 Å². The smallest absolute Gasteiger partial charge is 0.251 e. The van der Waals surface area contributed by atoms with Gasteiger partial charge in [-0.25, -0.2) is 12.7 Å². The lowest BCUT2D eigenvalue weighted by Gasteiger charge is -2.17. The minimum atomic E-state index is -3.60. The van der Waals surface area contributed by atoms with Crippen molar-refractivity contribution < 1.29 is 17.9 Å². The monoisotopic (exact) mass is 390 g/mol. The fourth-order valence-electron chi connectivity index (χ4n) is 2.51. The summed E-state index contributed by atoms with van der Waals surface area (Å²) in [5, 5.41) is 2.81. The van der Waals surface area contributed by atoms with Crippen molar-refractivity contribution >= 4 is 15.9 Å². The van der Waals surface area contributed by atoms with Crippen molar-refractivity contribution in [2.75, 3.05) is 20.7 Å². The topological polar surface area (TPSA) is 75.7 Å². The van der Waals surface area contributed by atoms with Crippen LogP contribution in [0.1, 0.15) is 35.7 Å². The first-order valence-electron chi connectivity index (χ1n) is 8.86. The highest BCUT2D eigenvalue weighted by Gasteiger charge is 2.21. The summed E-state index contributed by atoms with van der Waals surface area (Å²) in [4.78, 5) is 12.5. The van der Waals surface area contributed by atoms with Crippen molar-refractivity contribution in [3.63, 3.8) is 0 Å². The number of hydrogen-bond acceptors (Lipinski definition) is 4. The van der Waals surface area contributed by atoms with E-state index in [-0.39, 0.29) is 10.8 Å². The number of sulfonamides is 1. The van der Waals surface area contributed by atoms with E-state index in [1.807, 2.05) is 31.2 Å². The Kier molecular flexibility index (Phi) is 7.38. The summed E-state index contributed by atoms with van der Waals surface area (Å²) in [5.41, 5.74) is 1.24. The molecule has 0 saturated carbocycles. The number of nitrogens with one attached hydrogen (secondary N) is 1. The van der Waals surface area contributed by atoms with Gasteiger partial charge in [-0.3, -0.25) is 4.79 Å². The summed E-state index contributed by atoms with van der Waals surface area (Å²) in [7, 11) is -0.451. The molecule has 0 atom stereocenters. The minimum Gasteiger partial charge on any atom is -0.497 e. The number of unbranched alkanes of at least 4 members (excludes halogenated alkanes) is 1. The van der Waals surface area contributed by atoms with Gasteiger partial charge in [0.15, 0.2) is 0 Å². The van der Waals surface area contributed by atoms with E-state index in [1.54, 1.807) is 26.3 Å². The zero-order valence-electron chi connectivity index (χ0n) is 15.9. The Hall–Kier alpha value is -2.38. The van der Waals surface area contributed by atoms with Gasteiger partial charge >= 0.3 is 0 Å². The van der Waals surface area contributed by atoms with Crippen molar-refractivity contribution in [3.8, 4) is 5.75 Å². The Morgan fingerprint density at radius 1 is 1.15 bits per heavy atom. The maximum atomic E-state index is 12.6. The van der Waals surface area contributed by atoms with E-state index in [2.05, 4.69) is 5.32 Å². The molecule has 0 aromatic heterocycles. The molecule has 0 heterocycles. The van der Waals surface area contributed by atoms with Gasteiger partial charge in [0.25, 0.3) is 5.91 Å². The molecule has 0 radical (unpaired) electrons. The van der Waals surface area contributed by atoms with Gasteiger partial charge in [-0.05, 0) is 42.3 Å². The lowest BCUT2D eigenvalue weighted by Crippen LogP contribution is -2.28. The Bertz CT molecular complexity index is 864. The Labute approximate surface area is 161 Å². The first-order valence-corrected chi connectivity index (χ1v) is 10.3. The maximum absolute atomic E-state index is 12.6. The second kappa shape index (κ2) is 9.53.